The molecule has 6 rings (SSSR count). The van der Waals surface area contributed by atoms with Gasteiger partial charge in [-0.3, -0.25) is 14.4 Å². The third kappa shape index (κ3) is 7.81. The van der Waals surface area contributed by atoms with E-state index in [0.717, 1.165) is 24.3 Å². The molecule has 10 atom stereocenters. The first-order valence-electron chi connectivity index (χ1n) is 16.9. The highest BCUT2D eigenvalue weighted by Crippen LogP contribution is 2.40. The van der Waals surface area contributed by atoms with Crippen molar-refractivity contribution >= 4 is 22.7 Å². The number of benzene rings is 2. The van der Waals surface area contributed by atoms with Crippen molar-refractivity contribution in [2.45, 2.75) is 106 Å². The minimum Gasteiger partial charge on any atom is -0.508 e. The lowest BCUT2D eigenvalue weighted by Gasteiger charge is -2.43. The molecule has 1 saturated carbocycles. The van der Waals surface area contributed by atoms with Gasteiger partial charge in [0.15, 0.2) is 29.7 Å². The molecule has 2 saturated heterocycles. The molecule has 3 aliphatic rings. The van der Waals surface area contributed by atoms with Gasteiger partial charge in [-0.05, 0) is 38.0 Å². The number of esters is 1. The molecule has 0 amide bonds. The summed E-state index contributed by atoms with van der Waals surface area (Å²) in [6, 6.07) is 5.09. The van der Waals surface area contributed by atoms with E-state index in [1.54, 1.807) is 0 Å². The highest BCUT2D eigenvalue weighted by molar-refractivity contribution is 5.88. The summed E-state index contributed by atoms with van der Waals surface area (Å²) in [5, 5.41) is 104. The Morgan fingerprint density at radius 2 is 1.54 bits per heavy atom. The summed E-state index contributed by atoms with van der Waals surface area (Å²) in [6.45, 7) is 0.699. The Morgan fingerprint density at radius 3 is 2.22 bits per heavy atom. The van der Waals surface area contributed by atoms with Crippen LogP contribution in [0.25, 0.3) is 22.3 Å². The molecule has 3 heterocycles. The lowest BCUT2D eigenvalue weighted by Crippen LogP contribution is -2.62. The molecule has 1 aliphatic carbocycles. The molecule has 0 bridgehead atoms. The number of aliphatic hydroxyl groups is 6. The van der Waals surface area contributed by atoms with Gasteiger partial charge in [-0.1, -0.05) is 0 Å². The van der Waals surface area contributed by atoms with E-state index in [9.17, 15) is 65.4 Å². The van der Waals surface area contributed by atoms with Crippen LogP contribution in [0.3, 0.4) is 0 Å². The van der Waals surface area contributed by atoms with Gasteiger partial charge in [0, 0.05) is 30.5 Å². The predicted octanol–water partition coefficient (Wildman–Crippen LogP) is -0.872. The van der Waals surface area contributed by atoms with Gasteiger partial charge in [-0.15, -0.1) is 0 Å². The van der Waals surface area contributed by atoms with Gasteiger partial charge in [0.1, 0.15) is 64.9 Å². The number of ketones is 1. The number of rotatable bonds is 9. The van der Waals surface area contributed by atoms with Crippen LogP contribution in [0.15, 0.2) is 39.5 Å². The fraction of sp³-hybridized carbons (Fsp3) is 0.514. The maximum atomic E-state index is 14.0. The lowest BCUT2D eigenvalue weighted by atomic mass is 9.82. The average Bonchev–Trinajstić information content (AvgIpc) is 3.11. The van der Waals surface area contributed by atoms with Crippen molar-refractivity contribution in [1.82, 2.24) is 0 Å². The second kappa shape index (κ2) is 15.3. The Labute approximate surface area is 304 Å². The molecule has 294 valence electrons. The van der Waals surface area contributed by atoms with Gasteiger partial charge in [-0.2, -0.15) is 0 Å². The van der Waals surface area contributed by atoms with Gasteiger partial charge in [0.25, 0.3) is 0 Å². The summed E-state index contributed by atoms with van der Waals surface area (Å²) in [5.74, 6) is -4.91. The summed E-state index contributed by atoms with van der Waals surface area (Å²) in [6.07, 6.45) is -17.8. The molecule has 0 spiro atoms. The molecule has 3 aromatic rings. The van der Waals surface area contributed by atoms with E-state index in [1.165, 1.54) is 13.0 Å². The fourth-order valence-electron chi connectivity index (χ4n) is 6.58. The van der Waals surface area contributed by atoms with Gasteiger partial charge < -0.3 is 79.2 Å². The normalized spacial score (nSPS) is 31.3. The number of aliphatic hydroxyl groups excluding tert-OH is 5. The zero-order valence-electron chi connectivity index (χ0n) is 28.5. The molecule has 2 aromatic carbocycles. The topological polar surface area (TPSA) is 313 Å². The van der Waals surface area contributed by atoms with Crippen molar-refractivity contribution in [1.29, 1.82) is 0 Å². The molecule has 0 radical (unpaired) electrons. The number of fused-ring (bicyclic) bond motifs is 1. The summed E-state index contributed by atoms with van der Waals surface area (Å²) >= 11 is 0. The number of carbonyl (C=O) groups excluding carboxylic acids is 2. The van der Waals surface area contributed by atoms with E-state index in [-0.39, 0.29) is 42.6 Å². The molecule has 2 aliphatic heterocycles. The summed E-state index contributed by atoms with van der Waals surface area (Å²) in [4.78, 5) is 39.0. The van der Waals surface area contributed by atoms with Gasteiger partial charge in [0.2, 0.25) is 17.5 Å². The van der Waals surface area contributed by atoms with Crippen LogP contribution in [0.1, 0.15) is 39.0 Å². The van der Waals surface area contributed by atoms with E-state index >= 15 is 0 Å². The number of aromatic hydroxyl groups is 4. The monoisotopic (exact) mass is 764 g/mol. The van der Waals surface area contributed by atoms with E-state index in [0.29, 0.717) is 0 Å². The molecule has 54 heavy (non-hydrogen) atoms. The summed E-state index contributed by atoms with van der Waals surface area (Å²) in [7, 11) is 0. The molecule has 1 aromatic heterocycles. The van der Waals surface area contributed by atoms with Crippen LogP contribution >= 0.6 is 0 Å². The predicted molar refractivity (Wildman–Crippen MR) is 177 cm³/mol. The smallest absolute Gasteiger partial charge is 0.309 e. The Hall–Kier alpha value is -4.57. The molecule has 19 heteroatoms. The van der Waals surface area contributed by atoms with Crippen LogP contribution in [-0.2, 0) is 28.5 Å². The van der Waals surface area contributed by atoms with E-state index in [2.05, 4.69) is 0 Å². The van der Waals surface area contributed by atoms with Crippen molar-refractivity contribution < 1.29 is 88.8 Å². The third-order valence-electron chi connectivity index (χ3n) is 9.75. The second-order valence-electron chi connectivity index (χ2n) is 13.7. The molecule has 0 unspecified atom stereocenters. The number of hydrogen-bond acceptors (Lipinski definition) is 19. The Balaban J connectivity index is 1.37. The molecule has 19 nitrogen and oxygen atoms in total. The first-order valence-corrected chi connectivity index (χ1v) is 16.9. The summed E-state index contributed by atoms with van der Waals surface area (Å²) in [5.41, 5.74) is -3.18. The van der Waals surface area contributed by atoms with Crippen molar-refractivity contribution in [2.75, 3.05) is 6.61 Å². The molecule has 3 fully saturated rings. The number of ether oxygens (including phenoxy) is 5. The second-order valence-corrected chi connectivity index (χ2v) is 13.7. The standard InChI is InChI=1S/C35H40O19/c1-13-24(42)27(45)29(47)33(50-13)49-12-21-25(43)28(46)32(53-22(41)11-35(48)6-4-15(36)5-7-35)34(52-21)54-31-26(44)23-19(40)9-16(37)10-20(23)51-30(31)14-2-3-17(38)18(39)8-14/h2-3,8-10,13,21,24-25,27-29,32-34,37-40,42-43,45-48H,4-7,11-12H2,1H3/t13-,21+,24-,25+,27+,28-,29+,32+,33+,34-/m0/s1. The fourth-order valence-corrected chi connectivity index (χ4v) is 6.58. The van der Waals surface area contributed by atoms with Crippen molar-refractivity contribution in [3.8, 4) is 40.1 Å². The van der Waals surface area contributed by atoms with Crippen LogP contribution in [0.4, 0.5) is 0 Å². The van der Waals surface area contributed by atoms with Crippen LogP contribution < -0.4 is 10.2 Å². The maximum absolute atomic E-state index is 14.0. The maximum Gasteiger partial charge on any atom is 0.309 e. The van der Waals surface area contributed by atoms with Crippen molar-refractivity contribution in [2.24, 2.45) is 0 Å². The minimum atomic E-state index is -2.06. The molecule has 10 N–H and O–H groups in total. The first kappa shape index (κ1) is 39.1. The van der Waals surface area contributed by atoms with Gasteiger partial charge in [0.05, 0.1) is 24.7 Å². The quantitative estimate of drug-likeness (QED) is 0.0935. The number of phenolic OH excluding ortho intramolecular Hbond substituents is 4. The minimum absolute atomic E-state index is 0.0111. The van der Waals surface area contributed by atoms with Crippen LogP contribution in [0.5, 0.6) is 28.7 Å². The molecular formula is C35H40O19. The highest BCUT2D eigenvalue weighted by atomic mass is 16.7. The summed E-state index contributed by atoms with van der Waals surface area (Å²) < 4.78 is 34.2. The van der Waals surface area contributed by atoms with E-state index in [4.69, 9.17) is 28.1 Å². The number of phenols is 4. The molecular weight excluding hydrogens is 724 g/mol. The Morgan fingerprint density at radius 1 is 0.833 bits per heavy atom. The third-order valence-corrected chi connectivity index (χ3v) is 9.75. The largest absolute Gasteiger partial charge is 0.508 e. The Bertz CT molecular complexity index is 1930. The van der Waals surface area contributed by atoms with Gasteiger partial charge in [-0.25, -0.2) is 0 Å². The number of hydrogen-bond donors (Lipinski definition) is 10. The van der Waals surface area contributed by atoms with Gasteiger partial charge >= 0.3 is 5.97 Å². The van der Waals surface area contributed by atoms with E-state index in [1.807, 2.05) is 0 Å². The number of carbonyl (C=O) groups is 2. The lowest BCUT2D eigenvalue weighted by molar-refractivity contribution is -0.319. The zero-order chi connectivity index (χ0) is 39.2. The Kier molecular flexibility index (Phi) is 11.1. The van der Waals surface area contributed by atoms with E-state index < -0.39 is 131 Å². The average molecular weight is 765 g/mol. The van der Waals surface area contributed by atoms with Crippen LogP contribution in [0.2, 0.25) is 0 Å². The highest BCUT2D eigenvalue weighted by Gasteiger charge is 2.51. The SMILES string of the molecule is C[C@@H]1O[C@@H](OC[C@H]2O[C@@H](Oc3c(-c4ccc(O)c(O)c4)oc4cc(O)cc(O)c4c3=O)[C@H](OC(=O)CC3(O)CCC(=O)CC3)[C@@H](O)[C@@H]2O)[C@H](O)[C@H](O)[C@H]1O. The van der Waals surface area contributed by atoms with Crippen LogP contribution in [0, 0.1) is 0 Å². The number of Topliss-reactive ketones (excluding diaryl/α,β-unsaturated/α-hetero) is 1. The van der Waals surface area contributed by atoms with Crippen LogP contribution in [-0.4, -0.2) is 136 Å². The zero-order valence-corrected chi connectivity index (χ0v) is 28.5. The van der Waals surface area contributed by atoms with Crippen molar-refractivity contribution in [3.63, 3.8) is 0 Å². The first-order chi connectivity index (χ1) is 25.5. The van der Waals surface area contributed by atoms with Crippen molar-refractivity contribution in [3.05, 3.63) is 40.6 Å².